The summed E-state index contributed by atoms with van der Waals surface area (Å²) in [5, 5.41) is 4.89. The fourth-order valence-corrected chi connectivity index (χ4v) is 4.51. The number of carbonyl (C=O) groups is 2. The fraction of sp³-hybridized carbons (Fsp3) is 0.444. The molecule has 7 nitrogen and oxygen atoms in total. The van der Waals surface area contributed by atoms with Crippen molar-refractivity contribution in [1.82, 2.24) is 14.9 Å². The molecule has 2 N–H and O–H groups in total. The Morgan fingerprint density at radius 1 is 1.19 bits per heavy atom. The summed E-state index contributed by atoms with van der Waals surface area (Å²) in [7, 11) is -3.64. The first-order chi connectivity index (χ1) is 12.4. The summed E-state index contributed by atoms with van der Waals surface area (Å²) in [5.74, 6) is 1.33. The van der Waals surface area contributed by atoms with Crippen LogP contribution in [0.2, 0.25) is 0 Å². The molecule has 1 heterocycles. The van der Waals surface area contributed by atoms with Gasteiger partial charge in [-0.3, -0.25) is 9.59 Å². The Balaban J connectivity index is 2.15. The molecule has 0 unspecified atom stereocenters. The highest BCUT2D eigenvalue weighted by Crippen LogP contribution is 2.24. The second-order valence-corrected chi connectivity index (χ2v) is 8.01. The lowest BCUT2D eigenvalue weighted by molar-refractivity contribution is -0.119. The maximum atomic E-state index is 12.9. The molecule has 26 heavy (non-hydrogen) atoms. The van der Waals surface area contributed by atoms with E-state index in [-0.39, 0.29) is 23.5 Å². The average Bonchev–Trinajstić information content (AvgIpc) is 2.65. The van der Waals surface area contributed by atoms with Crippen molar-refractivity contribution in [3.63, 3.8) is 0 Å². The Morgan fingerprint density at radius 2 is 1.88 bits per heavy atom. The average molecular weight is 377 g/mol. The molecule has 1 saturated heterocycles. The number of benzene rings is 1. The fourth-order valence-electron chi connectivity index (χ4n) is 2.74. The van der Waals surface area contributed by atoms with Crippen molar-refractivity contribution in [2.75, 3.05) is 26.2 Å². The minimum atomic E-state index is -3.64. The smallest absolute Gasteiger partial charge is 0.251 e. The number of amides is 2. The molecule has 1 aromatic carbocycles. The lowest BCUT2D eigenvalue weighted by atomic mass is 10.1. The third-order valence-corrected chi connectivity index (χ3v) is 6.22. The van der Waals surface area contributed by atoms with E-state index in [1.807, 2.05) is 0 Å². The lowest BCUT2D eigenvalue weighted by Gasteiger charge is -2.26. The topological polar surface area (TPSA) is 95.6 Å². The molecule has 0 radical (unpaired) electrons. The minimum Gasteiger partial charge on any atom is -0.344 e. The Hall–Kier alpha value is -2.37. The summed E-state index contributed by atoms with van der Waals surface area (Å²) >= 11 is 0. The third-order valence-electron chi connectivity index (χ3n) is 4.18. The van der Waals surface area contributed by atoms with Gasteiger partial charge in [0.05, 0.1) is 18.0 Å². The minimum absolute atomic E-state index is 0.0808. The zero-order valence-electron chi connectivity index (χ0n) is 14.7. The second kappa shape index (κ2) is 8.83. The predicted octanol–water partition coefficient (Wildman–Crippen LogP) is 0.649. The van der Waals surface area contributed by atoms with Crippen molar-refractivity contribution in [2.45, 2.75) is 31.1 Å². The van der Waals surface area contributed by atoms with Crippen LogP contribution in [0.25, 0.3) is 0 Å². The maximum Gasteiger partial charge on any atom is 0.251 e. The first kappa shape index (κ1) is 19.9. The first-order valence-electron chi connectivity index (χ1n) is 8.45. The van der Waals surface area contributed by atoms with Crippen LogP contribution in [-0.2, 0) is 14.8 Å². The van der Waals surface area contributed by atoms with E-state index in [0.717, 1.165) is 19.3 Å². The van der Waals surface area contributed by atoms with E-state index in [2.05, 4.69) is 16.6 Å². The quantitative estimate of drug-likeness (QED) is 0.712. The van der Waals surface area contributed by atoms with Crippen molar-refractivity contribution in [3.05, 3.63) is 29.3 Å². The number of sulfonamides is 1. The molecule has 2 rings (SSSR count). The number of terminal acetylenes is 1. The molecule has 1 fully saturated rings. The van der Waals surface area contributed by atoms with Crippen LogP contribution in [0.5, 0.6) is 0 Å². The molecule has 0 atom stereocenters. The Labute approximate surface area is 154 Å². The third kappa shape index (κ3) is 4.84. The molecular formula is C18H23N3O4S. The molecule has 0 saturated carbocycles. The number of rotatable bonds is 6. The molecule has 0 bridgehead atoms. The number of hydrogen-bond donors (Lipinski definition) is 2. The first-order valence-corrected chi connectivity index (χ1v) is 9.89. The summed E-state index contributed by atoms with van der Waals surface area (Å²) < 4.78 is 27.2. The van der Waals surface area contributed by atoms with Gasteiger partial charge in [-0.1, -0.05) is 18.4 Å². The number of nitrogens with zero attached hydrogens (tertiary/aromatic N) is 1. The highest BCUT2D eigenvalue weighted by atomic mass is 32.2. The van der Waals surface area contributed by atoms with E-state index in [4.69, 9.17) is 6.42 Å². The summed E-state index contributed by atoms with van der Waals surface area (Å²) in [6.07, 6.45) is 7.74. The van der Waals surface area contributed by atoms with E-state index in [1.54, 1.807) is 19.1 Å². The van der Waals surface area contributed by atoms with E-state index < -0.39 is 21.8 Å². The number of piperidine rings is 1. The lowest BCUT2D eigenvalue weighted by Crippen LogP contribution is -2.37. The molecule has 8 heteroatoms. The highest BCUT2D eigenvalue weighted by molar-refractivity contribution is 7.89. The maximum absolute atomic E-state index is 12.9. The van der Waals surface area contributed by atoms with Gasteiger partial charge in [0, 0.05) is 18.7 Å². The summed E-state index contributed by atoms with van der Waals surface area (Å²) in [4.78, 5) is 23.9. The molecule has 0 aromatic heterocycles. The van der Waals surface area contributed by atoms with Crippen LogP contribution < -0.4 is 10.6 Å². The molecule has 140 valence electrons. The van der Waals surface area contributed by atoms with E-state index in [9.17, 15) is 18.0 Å². The van der Waals surface area contributed by atoms with Gasteiger partial charge in [0.25, 0.3) is 5.91 Å². The van der Waals surface area contributed by atoms with Gasteiger partial charge in [0.1, 0.15) is 0 Å². The SMILES string of the molecule is C#CCNC(=O)CNC(=O)c1ccc(C)c(S(=O)(=O)N2CCCCC2)c1. The Bertz CT molecular complexity index is 821. The molecule has 0 aliphatic carbocycles. The van der Waals surface area contributed by atoms with Crippen molar-refractivity contribution >= 4 is 21.8 Å². The molecule has 1 aliphatic rings. The van der Waals surface area contributed by atoms with Crippen LogP contribution >= 0.6 is 0 Å². The molecule has 2 amide bonds. The summed E-state index contributed by atoms with van der Waals surface area (Å²) in [5.41, 5.74) is 0.773. The zero-order chi connectivity index (χ0) is 19.2. The molecule has 1 aliphatic heterocycles. The largest absolute Gasteiger partial charge is 0.344 e. The van der Waals surface area contributed by atoms with Crippen molar-refractivity contribution < 1.29 is 18.0 Å². The van der Waals surface area contributed by atoms with Crippen LogP contribution in [0, 0.1) is 19.3 Å². The van der Waals surface area contributed by atoms with Gasteiger partial charge < -0.3 is 10.6 Å². The number of hydrogen-bond acceptors (Lipinski definition) is 4. The Morgan fingerprint density at radius 3 is 2.54 bits per heavy atom. The Kier molecular flexibility index (Phi) is 6.77. The second-order valence-electron chi connectivity index (χ2n) is 6.11. The van der Waals surface area contributed by atoms with Gasteiger partial charge in [0.15, 0.2) is 0 Å². The number of nitrogens with one attached hydrogen (secondary N) is 2. The van der Waals surface area contributed by atoms with Gasteiger partial charge in [-0.05, 0) is 37.5 Å². The monoisotopic (exact) mass is 377 g/mol. The molecule has 1 aromatic rings. The molecule has 0 spiro atoms. The van der Waals surface area contributed by atoms with Crippen molar-refractivity contribution in [1.29, 1.82) is 0 Å². The van der Waals surface area contributed by atoms with Gasteiger partial charge >= 0.3 is 0 Å². The van der Waals surface area contributed by atoms with Crippen molar-refractivity contribution in [2.24, 2.45) is 0 Å². The molecular weight excluding hydrogens is 354 g/mol. The number of aryl methyl sites for hydroxylation is 1. The zero-order valence-corrected chi connectivity index (χ0v) is 15.6. The van der Waals surface area contributed by atoms with Gasteiger partial charge in [-0.25, -0.2) is 8.42 Å². The van der Waals surface area contributed by atoms with Gasteiger partial charge in [0.2, 0.25) is 15.9 Å². The van der Waals surface area contributed by atoms with Crippen LogP contribution in [-0.4, -0.2) is 50.7 Å². The van der Waals surface area contributed by atoms with E-state index >= 15 is 0 Å². The van der Waals surface area contributed by atoms with Crippen LogP contribution in [0.4, 0.5) is 0 Å². The predicted molar refractivity (Wildman–Crippen MR) is 98.0 cm³/mol. The van der Waals surface area contributed by atoms with Crippen LogP contribution in [0.15, 0.2) is 23.1 Å². The van der Waals surface area contributed by atoms with E-state index in [1.165, 1.54) is 10.4 Å². The van der Waals surface area contributed by atoms with Crippen molar-refractivity contribution in [3.8, 4) is 12.3 Å². The summed E-state index contributed by atoms with van der Waals surface area (Å²) in [6.45, 7) is 2.53. The van der Waals surface area contributed by atoms with Gasteiger partial charge in [-0.2, -0.15) is 4.31 Å². The normalized spacial score (nSPS) is 15.1. The summed E-state index contributed by atoms with van der Waals surface area (Å²) in [6, 6.07) is 4.51. The van der Waals surface area contributed by atoms with Crippen LogP contribution in [0.1, 0.15) is 35.2 Å². The number of carbonyl (C=O) groups excluding carboxylic acids is 2. The highest BCUT2D eigenvalue weighted by Gasteiger charge is 2.28. The van der Waals surface area contributed by atoms with Gasteiger partial charge in [-0.15, -0.1) is 6.42 Å². The van der Waals surface area contributed by atoms with E-state index in [0.29, 0.717) is 18.7 Å². The standard InChI is InChI=1S/C18H23N3O4S/c1-3-9-19-17(22)13-20-18(23)15-8-7-14(2)16(12-15)26(24,25)21-10-5-4-6-11-21/h1,7-8,12H,4-6,9-11,13H2,2H3,(H,19,22)(H,20,23). The van der Waals surface area contributed by atoms with Crippen LogP contribution in [0.3, 0.4) is 0 Å².